The van der Waals surface area contributed by atoms with Crippen molar-refractivity contribution in [2.24, 2.45) is 11.1 Å². The maximum absolute atomic E-state index is 11.7. The molecule has 3 atom stereocenters. The number of carbonyl (C=O) groups excluding carboxylic acids is 1. The van der Waals surface area contributed by atoms with Crippen LogP contribution < -0.4 is 5.73 Å². The molecule has 120 valence electrons. The van der Waals surface area contributed by atoms with Gasteiger partial charge in [-0.2, -0.15) is 0 Å². The van der Waals surface area contributed by atoms with Crippen molar-refractivity contribution in [3.8, 4) is 0 Å². The highest BCUT2D eigenvalue weighted by atomic mass is 32.2. The lowest BCUT2D eigenvalue weighted by Gasteiger charge is -2.52. The molecule has 2 unspecified atom stereocenters. The van der Waals surface area contributed by atoms with E-state index < -0.39 is 17.4 Å². The molecule has 3 rings (SSSR count). The molecule has 0 aromatic carbocycles. The van der Waals surface area contributed by atoms with E-state index in [4.69, 9.17) is 15.3 Å². The number of thioether (sulfide) groups is 2. The van der Waals surface area contributed by atoms with Crippen molar-refractivity contribution < 1.29 is 24.2 Å². The Balaban J connectivity index is 1.70. The Morgan fingerprint density at radius 2 is 2.36 bits per heavy atom. The quantitative estimate of drug-likeness (QED) is 0.447. The van der Waals surface area contributed by atoms with Crippen LogP contribution in [-0.2, 0) is 16.2 Å². The second-order valence-electron chi connectivity index (χ2n) is 5.19. The van der Waals surface area contributed by atoms with Gasteiger partial charge in [-0.15, -0.1) is 22.0 Å². The zero-order chi connectivity index (χ0) is 15.9. The third-order valence-electron chi connectivity index (χ3n) is 3.70. The molecule has 2 fully saturated rings. The summed E-state index contributed by atoms with van der Waals surface area (Å²) in [5, 5.41) is 25.9. The molecular formula is C11H14N4O5S2. The summed E-state index contributed by atoms with van der Waals surface area (Å²) in [6.07, 6.45) is 0. The van der Waals surface area contributed by atoms with Gasteiger partial charge in [-0.3, -0.25) is 9.59 Å². The van der Waals surface area contributed by atoms with Gasteiger partial charge in [0.05, 0.1) is 0 Å². The number of carboxylic acids is 1. The summed E-state index contributed by atoms with van der Waals surface area (Å²) in [5.74, 6) is -0.560. The predicted octanol–water partition coefficient (Wildman–Crippen LogP) is -1.03. The monoisotopic (exact) mass is 346 g/mol. The summed E-state index contributed by atoms with van der Waals surface area (Å²) in [4.78, 5) is 25.0. The zero-order valence-electron chi connectivity index (χ0n) is 11.3. The average Bonchev–Trinajstić information content (AvgIpc) is 2.99. The minimum Gasteiger partial charge on any atom is -0.481 e. The largest absolute Gasteiger partial charge is 0.481 e. The van der Waals surface area contributed by atoms with E-state index in [0.29, 0.717) is 5.75 Å². The standard InChI is InChI=1S/C11H14N4O5S2/c12-6-7(17)15-2-11(9(18)19,3-21-8(6)15)4-22-10-14-13-5(1-16)20-10/h6,8,16H,1-4,12H2,(H,18,19)/t6?,8-,11?/m1/s1. The lowest BCUT2D eigenvalue weighted by Crippen LogP contribution is -2.72. The SMILES string of the molecule is NC1C(=O)N2CC(CSc3nnc(CO)o3)(C(=O)O)CS[C@H]12. The summed E-state index contributed by atoms with van der Waals surface area (Å²) in [5.41, 5.74) is 4.61. The van der Waals surface area contributed by atoms with Gasteiger partial charge in [-0.05, 0) is 0 Å². The van der Waals surface area contributed by atoms with Gasteiger partial charge >= 0.3 is 5.97 Å². The fourth-order valence-corrected chi connectivity index (χ4v) is 4.96. The summed E-state index contributed by atoms with van der Waals surface area (Å²) in [7, 11) is 0. The van der Waals surface area contributed by atoms with E-state index in [9.17, 15) is 14.7 Å². The van der Waals surface area contributed by atoms with E-state index in [1.54, 1.807) is 0 Å². The number of nitrogens with two attached hydrogens (primary N) is 1. The molecule has 2 saturated heterocycles. The average molecular weight is 346 g/mol. The Bertz CT molecular complexity index is 611. The molecule has 4 N–H and O–H groups in total. The first kappa shape index (κ1) is 15.6. The van der Waals surface area contributed by atoms with Gasteiger partial charge in [0.2, 0.25) is 11.8 Å². The number of hydrogen-bond acceptors (Lipinski definition) is 9. The van der Waals surface area contributed by atoms with Crippen molar-refractivity contribution in [1.29, 1.82) is 0 Å². The Morgan fingerprint density at radius 1 is 1.59 bits per heavy atom. The molecule has 3 heterocycles. The van der Waals surface area contributed by atoms with Crippen LogP contribution in [0.3, 0.4) is 0 Å². The molecule has 0 radical (unpaired) electrons. The lowest BCUT2D eigenvalue weighted by molar-refractivity contribution is -0.155. The van der Waals surface area contributed by atoms with E-state index in [-0.39, 0.29) is 41.3 Å². The van der Waals surface area contributed by atoms with Gasteiger partial charge in [0.25, 0.3) is 5.22 Å². The minimum absolute atomic E-state index is 0.0776. The number of rotatable bonds is 5. The van der Waals surface area contributed by atoms with Crippen LogP contribution in [0.4, 0.5) is 0 Å². The summed E-state index contributed by atoms with van der Waals surface area (Å²) >= 11 is 2.49. The van der Waals surface area contributed by atoms with Gasteiger partial charge in [-0.25, -0.2) is 0 Å². The Labute approximate surface area is 133 Å². The lowest BCUT2D eigenvalue weighted by atomic mass is 9.89. The molecule has 2 aliphatic rings. The maximum atomic E-state index is 11.7. The van der Waals surface area contributed by atoms with E-state index in [1.807, 2.05) is 0 Å². The van der Waals surface area contributed by atoms with Gasteiger partial charge in [-0.1, -0.05) is 11.8 Å². The highest BCUT2D eigenvalue weighted by Gasteiger charge is 2.55. The highest BCUT2D eigenvalue weighted by Crippen LogP contribution is 2.43. The molecule has 22 heavy (non-hydrogen) atoms. The molecule has 0 spiro atoms. The van der Waals surface area contributed by atoms with Crippen LogP contribution in [0.25, 0.3) is 0 Å². The highest BCUT2D eigenvalue weighted by molar-refractivity contribution is 8.00. The first-order chi connectivity index (χ1) is 10.5. The van der Waals surface area contributed by atoms with E-state index in [2.05, 4.69) is 10.2 Å². The molecule has 1 aromatic heterocycles. The molecular weight excluding hydrogens is 332 g/mol. The zero-order valence-corrected chi connectivity index (χ0v) is 13.0. The van der Waals surface area contributed by atoms with Crippen molar-refractivity contribution in [3.05, 3.63) is 5.89 Å². The van der Waals surface area contributed by atoms with Gasteiger partial charge in [0.15, 0.2) is 0 Å². The molecule has 1 aromatic rings. The normalized spacial score (nSPS) is 30.8. The van der Waals surface area contributed by atoms with E-state index in [0.717, 1.165) is 11.8 Å². The number of aliphatic hydroxyl groups is 1. The van der Waals surface area contributed by atoms with Crippen LogP contribution in [-0.4, -0.2) is 66.7 Å². The van der Waals surface area contributed by atoms with Crippen LogP contribution in [0.15, 0.2) is 9.64 Å². The minimum atomic E-state index is -1.09. The van der Waals surface area contributed by atoms with Crippen molar-refractivity contribution in [3.63, 3.8) is 0 Å². The van der Waals surface area contributed by atoms with Crippen molar-refractivity contribution >= 4 is 35.4 Å². The fraction of sp³-hybridized carbons (Fsp3) is 0.636. The number of aromatic nitrogens is 2. The second kappa shape index (κ2) is 5.72. The summed E-state index contributed by atoms with van der Waals surface area (Å²) in [6, 6.07) is -0.535. The van der Waals surface area contributed by atoms with Gasteiger partial charge < -0.3 is 25.3 Å². The van der Waals surface area contributed by atoms with Crippen molar-refractivity contribution in [2.75, 3.05) is 18.1 Å². The molecule has 0 bridgehead atoms. The first-order valence-electron chi connectivity index (χ1n) is 6.44. The summed E-state index contributed by atoms with van der Waals surface area (Å²) < 4.78 is 5.14. The van der Waals surface area contributed by atoms with Gasteiger partial charge in [0.1, 0.15) is 23.4 Å². The number of β-lactam (4-membered cyclic amide) rings is 1. The predicted molar refractivity (Wildman–Crippen MR) is 76.9 cm³/mol. The number of amides is 1. The van der Waals surface area contributed by atoms with Crippen molar-refractivity contribution in [2.45, 2.75) is 23.2 Å². The number of hydrogen-bond donors (Lipinski definition) is 3. The smallest absolute Gasteiger partial charge is 0.313 e. The van der Waals surface area contributed by atoms with Crippen LogP contribution in [0.2, 0.25) is 0 Å². The molecule has 0 aliphatic carbocycles. The third-order valence-corrected chi connectivity index (χ3v) is 6.41. The summed E-state index contributed by atoms with van der Waals surface area (Å²) in [6.45, 7) is -0.240. The molecule has 9 nitrogen and oxygen atoms in total. The van der Waals surface area contributed by atoms with Gasteiger partial charge in [0, 0.05) is 18.1 Å². The number of aliphatic hydroxyl groups excluding tert-OH is 1. The molecule has 2 aliphatic heterocycles. The maximum Gasteiger partial charge on any atom is 0.313 e. The van der Waals surface area contributed by atoms with Crippen LogP contribution in [0.1, 0.15) is 5.89 Å². The molecule has 1 amide bonds. The number of carboxylic acid groups (broad SMARTS) is 1. The first-order valence-corrected chi connectivity index (χ1v) is 8.47. The third kappa shape index (κ3) is 2.47. The van der Waals surface area contributed by atoms with E-state index in [1.165, 1.54) is 16.7 Å². The van der Waals surface area contributed by atoms with Crippen molar-refractivity contribution in [1.82, 2.24) is 15.1 Å². The molecule has 0 saturated carbocycles. The second-order valence-corrected chi connectivity index (χ2v) is 7.22. The number of fused-ring (bicyclic) bond motifs is 1. The Kier molecular flexibility index (Phi) is 4.05. The fourth-order valence-electron chi connectivity index (χ4n) is 2.37. The van der Waals surface area contributed by atoms with Crippen LogP contribution >= 0.6 is 23.5 Å². The Morgan fingerprint density at radius 3 is 3.00 bits per heavy atom. The number of nitrogens with zero attached hydrogens (tertiary/aromatic N) is 3. The molecule has 11 heteroatoms. The number of aliphatic carboxylic acids is 1. The van der Waals surface area contributed by atoms with Crippen LogP contribution in [0, 0.1) is 5.41 Å². The van der Waals surface area contributed by atoms with Crippen LogP contribution in [0.5, 0.6) is 0 Å². The topological polar surface area (TPSA) is 143 Å². The van der Waals surface area contributed by atoms with E-state index >= 15 is 0 Å². The Hall–Kier alpha value is -1.30. The number of carbonyl (C=O) groups is 2.